The first-order valence-corrected chi connectivity index (χ1v) is 8.65. The van der Waals surface area contributed by atoms with Crippen LogP contribution < -0.4 is 14.8 Å². The van der Waals surface area contributed by atoms with Crippen LogP contribution in [0.25, 0.3) is 0 Å². The van der Waals surface area contributed by atoms with Crippen LogP contribution in [0.5, 0.6) is 11.5 Å². The minimum Gasteiger partial charge on any atom is -0.493 e. The van der Waals surface area contributed by atoms with E-state index in [-0.39, 0.29) is 0 Å². The zero-order chi connectivity index (χ0) is 13.8. The van der Waals surface area contributed by atoms with Crippen molar-refractivity contribution in [3.63, 3.8) is 0 Å². The molecule has 0 radical (unpaired) electrons. The van der Waals surface area contributed by atoms with Crippen molar-refractivity contribution < 1.29 is 9.47 Å². The first kappa shape index (κ1) is 14.1. The summed E-state index contributed by atoms with van der Waals surface area (Å²) in [6.07, 6.45) is 3.84. The first-order chi connectivity index (χ1) is 9.86. The van der Waals surface area contributed by atoms with Gasteiger partial charge in [0, 0.05) is 6.54 Å². The van der Waals surface area contributed by atoms with Crippen LogP contribution in [0.2, 0.25) is 0 Å². The summed E-state index contributed by atoms with van der Waals surface area (Å²) in [5.74, 6) is 4.81. The summed E-state index contributed by atoms with van der Waals surface area (Å²) in [5, 5.41) is 3.41. The van der Waals surface area contributed by atoms with Gasteiger partial charge in [0.25, 0.3) is 0 Å². The number of benzene rings is 1. The fraction of sp³-hybridized carbons (Fsp3) is 0.625. The van der Waals surface area contributed by atoms with E-state index in [1.807, 2.05) is 11.8 Å². The molecular weight excluding hydrogens is 270 g/mol. The summed E-state index contributed by atoms with van der Waals surface area (Å²) in [5.41, 5.74) is 1.36. The van der Waals surface area contributed by atoms with E-state index in [0.717, 1.165) is 37.4 Å². The molecule has 0 spiro atoms. The SMILES string of the molecule is COc1cc(C2CCNC2)ccc1OC1CCSCC1. The Hall–Kier alpha value is -0.870. The van der Waals surface area contributed by atoms with Crippen molar-refractivity contribution in [3.05, 3.63) is 23.8 Å². The second kappa shape index (κ2) is 6.72. The number of rotatable bonds is 4. The third kappa shape index (κ3) is 3.23. The van der Waals surface area contributed by atoms with Gasteiger partial charge in [-0.15, -0.1) is 0 Å². The molecule has 1 atom stereocenters. The first-order valence-electron chi connectivity index (χ1n) is 7.50. The van der Waals surface area contributed by atoms with Crippen molar-refractivity contribution in [2.75, 3.05) is 31.7 Å². The lowest BCUT2D eigenvalue weighted by Crippen LogP contribution is -2.22. The van der Waals surface area contributed by atoms with Crippen molar-refractivity contribution >= 4 is 11.8 Å². The van der Waals surface area contributed by atoms with Gasteiger partial charge in [0.15, 0.2) is 11.5 Å². The third-order valence-corrected chi connectivity index (χ3v) is 5.23. The van der Waals surface area contributed by atoms with Gasteiger partial charge in [-0.2, -0.15) is 11.8 Å². The van der Waals surface area contributed by atoms with Crippen LogP contribution in [0.15, 0.2) is 18.2 Å². The topological polar surface area (TPSA) is 30.5 Å². The molecule has 1 N–H and O–H groups in total. The maximum atomic E-state index is 6.14. The van der Waals surface area contributed by atoms with E-state index in [4.69, 9.17) is 9.47 Å². The molecule has 2 aliphatic rings. The van der Waals surface area contributed by atoms with Crippen LogP contribution in [-0.2, 0) is 0 Å². The van der Waals surface area contributed by atoms with E-state index in [9.17, 15) is 0 Å². The highest BCUT2D eigenvalue weighted by molar-refractivity contribution is 7.99. The molecule has 0 aromatic heterocycles. The predicted octanol–water partition coefficient (Wildman–Crippen LogP) is 3.05. The molecule has 1 aromatic carbocycles. The van der Waals surface area contributed by atoms with Crippen LogP contribution in [0.1, 0.15) is 30.7 Å². The molecule has 20 heavy (non-hydrogen) atoms. The van der Waals surface area contributed by atoms with Gasteiger partial charge in [-0.25, -0.2) is 0 Å². The molecule has 2 fully saturated rings. The minimum absolute atomic E-state index is 0.351. The molecule has 1 unspecified atom stereocenters. The highest BCUT2D eigenvalue weighted by atomic mass is 32.2. The molecule has 4 heteroatoms. The largest absolute Gasteiger partial charge is 0.493 e. The molecule has 2 heterocycles. The van der Waals surface area contributed by atoms with E-state index in [1.165, 1.54) is 23.5 Å². The molecule has 0 amide bonds. The van der Waals surface area contributed by atoms with Crippen molar-refractivity contribution in [1.82, 2.24) is 5.32 Å². The molecule has 0 saturated carbocycles. The molecule has 2 aliphatic heterocycles. The number of nitrogens with one attached hydrogen (secondary N) is 1. The molecule has 3 rings (SSSR count). The van der Waals surface area contributed by atoms with Crippen molar-refractivity contribution in [3.8, 4) is 11.5 Å². The lowest BCUT2D eigenvalue weighted by Gasteiger charge is -2.24. The number of hydrogen-bond donors (Lipinski definition) is 1. The zero-order valence-corrected chi connectivity index (χ0v) is 12.9. The van der Waals surface area contributed by atoms with Crippen LogP contribution in [0.4, 0.5) is 0 Å². The Labute approximate surface area is 125 Å². The zero-order valence-electron chi connectivity index (χ0n) is 12.1. The van der Waals surface area contributed by atoms with Crippen molar-refractivity contribution in [2.45, 2.75) is 31.3 Å². The molecular formula is C16H23NO2S. The number of ether oxygens (including phenoxy) is 2. The number of methoxy groups -OCH3 is 1. The summed E-state index contributed by atoms with van der Waals surface area (Å²) in [6.45, 7) is 2.19. The van der Waals surface area contributed by atoms with Gasteiger partial charge < -0.3 is 14.8 Å². The van der Waals surface area contributed by atoms with E-state index in [0.29, 0.717) is 12.0 Å². The van der Waals surface area contributed by atoms with Gasteiger partial charge in [-0.1, -0.05) is 6.07 Å². The summed E-state index contributed by atoms with van der Waals surface area (Å²) in [6, 6.07) is 6.45. The Morgan fingerprint density at radius 2 is 2.00 bits per heavy atom. The predicted molar refractivity (Wildman–Crippen MR) is 84.2 cm³/mol. The Balaban J connectivity index is 1.73. The van der Waals surface area contributed by atoms with Gasteiger partial charge in [0.05, 0.1) is 7.11 Å². The maximum absolute atomic E-state index is 6.14. The quantitative estimate of drug-likeness (QED) is 0.924. The summed E-state index contributed by atoms with van der Waals surface area (Å²) in [7, 11) is 1.73. The van der Waals surface area contributed by atoms with E-state index in [2.05, 4.69) is 23.5 Å². The summed E-state index contributed by atoms with van der Waals surface area (Å²) < 4.78 is 11.7. The normalized spacial score (nSPS) is 23.8. The fourth-order valence-electron chi connectivity index (χ4n) is 2.95. The lowest BCUT2D eigenvalue weighted by atomic mass is 9.98. The van der Waals surface area contributed by atoms with Gasteiger partial charge in [0.1, 0.15) is 6.10 Å². The molecule has 0 aliphatic carbocycles. The van der Waals surface area contributed by atoms with Gasteiger partial charge in [0.2, 0.25) is 0 Å². The Morgan fingerprint density at radius 3 is 2.70 bits per heavy atom. The molecule has 110 valence electrons. The molecule has 1 aromatic rings. The second-order valence-electron chi connectivity index (χ2n) is 5.53. The Bertz CT molecular complexity index is 440. The molecule has 3 nitrogen and oxygen atoms in total. The van der Waals surface area contributed by atoms with Crippen LogP contribution in [-0.4, -0.2) is 37.8 Å². The van der Waals surface area contributed by atoms with Crippen LogP contribution in [0.3, 0.4) is 0 Å². The lowest BCUT2D eigenvalue weighted by molar-refractivity contribution is 0.184. The van der Waals surface area contributed by atoms with Crippen LogP contribution in [0, 0.1) is 0 Å². The standard InChI is InChI=1S/C16H23NO2S/c1-18-16-10-12(13-4-7-17-11-13)2-3-15(16)19-14-5-8-20-9-6-14/h2-3,10,13-14,17H,4-9,11H2,1H3. The highest BCUT2D eigenvalue weighted by Gasteiger charge is 2.20. The maximum Gasteiger partial charge on any atom is 0.161 e. The molecule has 2 saturated heterocycles. The second-order valence-corrected chi connectivity index (χ2v) is 6.75. The van der Waals surface area contributed by atoms with Crippen molar-refractivity contribution in [1.29, 1.82) is 0 Å². The smallest absolute Gasteiger partial charge is 0.161 e. The van der Waals surface area contributed by atoms with Crippen LogP contribution >= 0.6 is 11.8 Å². The molecule has 0 bridgehead atoms. The van der Waals surface area contributed by atoms with Gasteiger partial charge in [-0.05, 0) is 60.9 Å². The average Bonchev–Trinajstić information content (AvgIpc) is 3.03. The summed E-state index contributed by atoms with van der Waals surface area (Å²) >= 11 is 2.02. The number of thioether (sulfide) groups is 1. The van der Waals surface area contributed by atoms with E-state index < -0.39 is 0 Å². The fourth-order valence-corrected chi connectivity index (χ4v) is 4.01. The number of hydrogen-bond acceptors (Lipinski definition) is 4. The average molecular weight is 293 g/mol. The van der Waals surface area contributed by atoms with Gasteiger partial charge >= 0.3 is 0 Å². The highest BCUT2D eigenvalue weighted by Crippen LogP contribution is 2.34. The van der Waals surface area contributed by atoms with E-state index >= 15 is 0 Å². The minimum atomic E-state index is 0.351. The van der Waals surface area contributed by atoms with Gasteiger partial charge in [-0.3, -0.25) is 0 Å². The van der Waals surface area contributed by atoms with Crippen molar-refractivity contribution in [2.24, 2.45) is 0 Å². The monoisotopic (exact) mass is 293 g/mol. The Morgan fingerprint density at radius 1 is 1.15 bits per heavy atom. The Kier molecular flexibility index (Phi) is 4.73. The summed E-state index contributed by atoms with van der Waals surface area (Å²) in [4.78, 5) is 0. The van der Waals surface area contributed by atoms with E-state index in [1.54, 1.807) is 7.11 Å². The third-order valence-electron chi connectivity index (χ3n) is 4.18.